The predicted octanol–water partition coefficient (Wildman–Crippen LogP) is 5.06. The molecule has 0 spiro atoms. The summed E-state index contributed by atoms with van der Waals surface area (Å²) in [7, 11) is 0. The monoisotopic (exact) mass is 347 g/mol. The third-order valence-corrected chi connectivity index (χ3v) is 3.71. The molecule has 0 heterocycles. The Balaban J connectivity index is 2.02. The Hall–Kier alpha value is -1.71. The van der Waals surface area contributed by atoms with Crippen LogP contribution >= 0.6 is 11.6 Å². The fourth-order valence-electron chi connectivity index (χ4n) is 2.34. The van der Waals surface area contributed by atoms with E-state index >= 15 is 0 Å². The highest BCUT2D eigenvalue weighted by Crippen LogP contribution is 2.29. The van der Waals surface area contributed by atoms with Gasteiger partial charge >= 0.3 is 0 Å². The van der Waals surface area contributed by atoms with Gasteiger partial charge in [-0.1, -0.05) is 43.6 Å². The molecule has 1 N–H and O–H groups in total. The first-order chi connectivity index (χ1) is 11.6. The summed E-state index contributed by atoms with van der Waals surface area (Å²) in [5, 5.41) is 4.16. The van der Waals surface area contributed by atoms with E-state index in [1.807, 2.05) is 43.3 Å². The van der Waals surface area contributed by atoms with Gasteiger partial charge < -0.3 is 14.8 Å². The van der Waals surface area contributed by atoms with Gasteiger partial charge in [0.15, 0.2) is 11.5 Å². The van der Waals surface area contributed by atoms with Gasteiger partial charge in [0, 0.05) is 11.6 Å². The van der Waals surface area contributed by atoms with Crippen LogP contribution in [0.25, 0.3) is 0 Å². The number of hydrogen-bond donors (Lipinski definition) is 1. The van der Waals surface area contributed by atoms with Gasteiger partial charge in [-0.3, -0.25) is 0 Å². The summed E-state index contributed by atoms with van der Waals surface area (Å²) in [5.74, 6) is 2.17. The van der Waals surface area contributed by atoms with Crippen LogP contribution in [0.15, 0.2) is 42.5 Å². The minimum atomic E-state index is 0.464. The molecule has 0 bridgehead atoms. The molecule has 130 valence electrons. The number of nitrogens with one attached hydrogen (secondary N) is 1. The summed E-state index contributed by atoms with van der Waals surface area (Å²) in [6.45, 7) is 9.27. The van der Waals surface area contributed by atoms with Crippen LogP contribution in [0.1, 0.15) is 31.9 Å². The van der Waals surface area contributed by atoms with Crippen molar-refractivity contribution in [3.8, 4) is 11.5 Å². The Morgan fingerprint density at radius 1 is 1.00 bits per heavy atom. The maximum atomic E-state index is 6.01. The van der Waals surface area contributed by atoms with Crippen molar-refractivity contribution in [1.29, 1.82) is 0 Å². The van der Waals surface area contributed by atoms with Gasteiger partial charge in [-0.05, 0) is 54.8 Å². The van der Waals surface area contributed by atoms with Crippen molar-refractivity contribution in [2.45, 2.75) is 33.9 Å². The van der Waals surface area contributed by atoms with Gasteiger partial charge in [0.25, 0.3) is 0 Å². The Labute approximate surface area is 149 Å². The van der Waals surface area contributed by atoms with E-state index in [1.54, 1.807) is 0 Å². The Bertz CT molecular complexity index is 643. The third kappa shape index (κ3) is 6.06. The molecule has 0 aliphatic heterocycles. The standard InChI is InChI=1S/C20H26ClNO2/c1-4-23-20-11-16(13-22-12-15(2)3)8-9-19(20)24-14-17-6-5-7-18(21)10-17/h5-11,15,22H,4,12-14H2,1-3H3. The lowest BCUT2D eigenvalue weighted by molar-refractivity contribution is 0.269. The molecule has 0 amide bonds. The summed E-state index contributed by atoms with van der Waals surface area (Å²) < 4.78 is 11.7. The summed E-state index contributed by atoms with van der Waals surface area (Å²) in [4.78, 5) is 0. The van der Waals surface area contributed by atoms with Gasteiger partial charge in [-0.2, -0.15) is 0 Å². The van der Waals surface area contributed by atoms with Gasteiger partial charge in [-0.15, -0.1) is 0 Å². The molecule has 0 unspecified atom stereocenters. The van der Waals surface area contributed by atoms with Gasteiger partial charge in [0.05, 0.1) is 6.61 Å². The van der Waals surface area contributed by atoms with E-state index in [4.69, 9.17) is 21.1 Å². The van der Waals surface area contributed by atoms with Crippen LogP contribution in [0.4, 0.5) is 0 Å². The van der Waals surface area contributed by atoms with E-state index in [0.29, 0.717) is 24.2 Å². The molecule has 3 nitrogen and oxygen atoms in total. The van der Waals surface area contributed by atoms with Crippen LogP contribution in [-0.2, 0) is 13.2 Å². The second kappa shape index (κ2) is 9.55. The van der Waals surface area contributed by atoms with Crippen LogP contribution in [0.2, 0.25) is 5.02 Å². The highest BCUT2D eigenvalue weighted by Gasteiger charge is 2.07. The lowest BCUT2D eigenvalue weighted by Crippen LogP contribution is -2.19. The van der Waals surface area contributed by atoms with Crippen LogP contribution in [-0.4, -0.2) is 13.2 Å². The Morgan fingerprint density at radius 3 is 2.54 bits per heavy atom. The topological polar surface area (TPSA) is 30.5 Å². The van der Waals surface area contributed by atoms with E-state index in [9.17, 15) is 0 Å². The molecule has 2 aromatic rings. The van der Waals surface area contributed by atoms with E-state index < -0.39 is 0 Å². The summed E-state index contributed by atoms with van der Waals surface area (Å²) in [5.41, 5.74) is 2.22. The highest BCUT2D eigenvalue weighted by molar-refractivity contribution is 6.30. The number of rotatable bonds is 9. The van der Waals surface area contributed by atoms with Crippen molar-refractivity contribution in [1.82, 2.24) is 5.32 Å². The van der Waals surface area contributed by atoms with Crippen molar-refractivity contribution in [3.63, 3.8) is 0 Å². The van der Waals surface area contributed by atoms with Crippen LogP contribution < -0.4 is 14.8 Å². The Kier molecular flexibility index (Phi) is 7.41. The molecule has 0 aromatic heterocycles. The number of ether oxygens (including phenoxy) is 2. The minimum absolute atomic E-state index is 0.464. The number of hydrogen-bond acceptors (Lipinski definition) is 3. The Morgan fingerprint density at radius 2 is 1.83 bits per heavy atom. The quantitative estimate of drug-likeness (QED) is 0.687. The summed E-state index contributed by atoms with van der Waals surface area (Å²) in [6, 6.07) is 13.8. The average Bonchev–Trinajstić information content (AvgIpc) is 2.54. The van der Waals surface area contributed by atoms with E-state index in [1.165, 1.54) is 5.56 Å². The maximum absolute atomic E-state index is 6.01. The van der Waals surface area contributed by atoms with Crippen molar-refractivity contribution < 1.29 is 9.47 Å². The lowest BCUT2D eigenvalue weighted by Gasteiger charge is -2.14. The minimum Gasteiger partial charge on any atom is -0.490 e. The molecule has 0 fully saturated rings. The zero-order valence-corrected chi connectivity index (χ0v) is 15.4. The zero-order valence-electron chi connectivity index (χ0n) is 14.6. The molecule has 0 saturated heterocycles. The molecule has 0 atom stereocenters. The fourth-order valence-corrected chi connectivity index (χ4v) is 2.56. The van der Waals surface area contributed by atoms with Crippen molar-refractivity contribution >= 4 is 11.6 Å². The second-order valence-electron chi connectivity index (χ2n) is 6.16. The SMILES string of the molecule is CCOc1cc(CNCC(C)C)ccc1OCc1cccc(Cl)c1. The van der Waals surface area contributed by atoms with Crippen molar-refractivity contribution in [2.24, 2.45) is 5.92 Å². The van der Waals surface area contributed by atoms with Gasteiger partial charge in [0.1, 0.15) is 6.61 Å². The second-order valence-corrected chi connectivity index (χ2v) is 6.59. The predicted molar refractivity (Wildman–Crippen MR) is 99.9 cm³/mol. The largest absolute Gasteiger partial charge is 0.490 e. The van der Waals surface area contributed by atoms with Gasteiger partial charge in [0.2, 0.25) is 0 Å². The molecule has 2 aromatic carbocycles. The average molecular weight is 348 g/mol. The molecule has 0 radical (unpaired) electrons. The maximum Gasteiger partial charge on any atom is 0.161 e. The number of halogens is 1. The first-order valence-electron chi connectivity index (χ1n) is 8.42. The van der Waals surface area contributed by atoms with E-state index in [2.05, 4.69) is 25.2 Å². The summed E-state index contributed by atoms with van der Waals surface area (Å²) >= 11 is 6.01. The molecular weight excluding hydrogens is 322 g/mol. The lowest BCUT2D eigenvalue weighted by atomic mass is 10.1. The van der Waals surface area contributed by atoms with Crippen molar-refractivity contribution in [2.75, 3.05) is 13.2 Å². The molecular formula is C20H26ClNO2. The number of benzene rings is 2. The molecule has 24 heavy (non-hydrogen) atoms. The fraction of sp³-hybridized carbons (Fsp3) is 0.400. The molecule has 0 saturated carbocycles. The van der Waals surface area contributed by atoms with E-state index in [-0.39, 0.29) is 0 Å². The molecule has 0 aliphatic rings. The molecule has 0 aliphatic carbocycles. The highest BCUT2D eigenvalue weighted by atomic mass is 35.5. The van der Waals surface area contributed by atoms with Crippen molar-refractivity contribution in [3.05, 3.63) is 58.6 Å². The van der Waals surface area contributed by atoms with Crippen LogP contribution in [0.5, 0.6) is 11.5 Å². The summed E-state index contributed by atoms with van der Waals surface area (Å²) in [6.07, 6.45) is 0. The van der Waals surface area contributed by atoms with Gasteiger partial charge in [-0.25, -0.2) is 0 Å². The van der Waals surface area contributed by atoms with E-state index in [0.717, 1.165) is 30.2 Å². The van der Waals surface area contributed by atoms with Crippen LogP contribution in [0.3, 0.4) is 0 Å². The first-order valence-corrected chi connectivity index (χ1v) is 8.80. The smallest absolute Gasteiger partial charge is 0.161 e. The molecule has 2 rings (SSSR count). The first kappa shape index (κ1) is 18.6. The normalized spacial score (nSPS) is 10.9. The van der Waals surface area contributed by atoms with Crippen LogP contribution in [0, 0.1) is 5.92 Å². The zero-order chi connectivity index (χ0) is 17.4. The third-order valence-electron chi connectivity index (χ3n) is 3.47. The molecule has 4 heteroatoms.